The fourth-order valence-corrected chi connectivity index (χ4v) is 5.27. The molecular formula is C27H33FN6O3. The van der Waals surface area contributed by atoms with Gasteiger partial charge in [-0.05, 0) is 74.8 Å². The number of anilines is 1. The number of nitrogens with zero attached hydrogens (tertiary/aromatic N) is 3. The van der Waals surface area contributed by atoms with Crippen molar-refractivity contribution in [1.82, 2.24) is 25.7 Å². The van der Waals surface area contributed by atoms with Gasteiger partial charge in [-0.3, -0.25) is 14.7 Å². The first-order valence-electron chi connectivity index (χ1n) is 13.0. The first-order valence-corrected chi connectivity index (χ1v) is 13.0. The van der Waals surface area contributed by atoms with Gasteiger partial charge in [-0.2, -0.15) is 9.49 Å². The van der Waals surface area contributed by atoms with Crippen LogP contribution in [0, 0.1) is 30.6 Å². The summed E-state index contributed by atoms with van der Waals surface area (Å²) >= 11 is 0. The molecule has 3 aromatic rings. The van der Waals surface area contributed by atoms with E-state index in [2.05, 4.69) is 31.0 Å². The molecule has 0 saturated heterocycles. The average Bonchev–Trinajstić information content (AvgIpc) is 3.79. The lowest BCUT2D eigenvalue weighted by Gasteiger charge is -2.27. The molecule has 5 rings (SSSR count). The third kappa shape index (κ3) is 5.14. The van der Waals surface area contributed by atoms with E-state index in [1.54, 1.807) is 12.1 Å². The molecule has 196 valence electrons. The van der Waals surface area contributed by atoms with E-state index in [1.807, 2.05) is 27.7 Å². The quantitative estimate of drug-likeness (QED) is 0.339. The zero-order valence-electron chi connectivity index (χ0n) is 21.6. The number of hydrogen-bond donors (Lipinski definition) is 3. The molecule has 9 nitrogen and oxygen atoms in total. The van der Waals surface area contributed by atoms with Crippen molar-refractivity contribution in [3.05, 3.63) is 47.0 Å². The van der Waals surface area contributed by atoms with Crippen molar-refractivity contribution in [2.45, 2.75) is 71.8 Å². The molecule has 37 heavy (non-hydrogen) atoms. The Morgan fingerprint density at radius 3 is 2.49 bits per heavy atom. The van der Waals surface area contributed by atoms with Crippen LogP contribution >= 0.6 is 0 Å². The highest BCUT2D eigenvalue weighted by molar-refractivity contribution is 6.01. The number of rotatable bonds is 10. The summed E-state index contributed by atoms with van der Waals surface area (Å²) in [7, 11) is 0. The van der Waals surface area contributed by atoms with E-state index in [9.17, 15) is 9.59 Å². The molecule has 2 amide bonds. The zero-order valence-corrected chi connectivity index (χ0v) is 21.6. The van der Waals surface area contributed by atoms with Crippen LogP contribution in [0.25, 0.3) is 11.1 Å². The van der Waals surface area contributed by atoms with Crippen LogP contribution in [0.1, 0.15) is 79.8 Å². The zero-order chi connectivity index (χ0) is 26.3. The van der Waals surface area contributed by atoms with E-state index >= 15 is 4.39 Å². The highest BCUT2D eigenvalue weighted by Crippen LogP contribution is 2.51. The van der Waals surface area contributed by atoms with Crippen molar-refractivity contribution >= 4 is 17.6 Å². The van der Waals surface area contributed by atoms with Gasteiger partial charge in [0.1, 0.15) is 23.7 Å². The number of aromatic nitrogens is 4. The van der Waals surface area contributed by atoms with Gasteiger partial charge in [-0.15, -0.1) is 0 Å². The topological polar surface area (TPSA) is 126 Å². The highest BCUT2D eigenvalue weighted by atomic mass is 19.1. The van der Waals surface area contributed by atoms with Crippen molar-refractivity contribution in [3.63, 3.8) is 0 Å². The summed E-state index contributed by atoms with van der Waals surface area (Å²) in [6.07, 6.45) is 6.14. The van der Waals surface area contributed by atoms with E-state index in [-0.39, 0.29) is 17.7 Å². The average molecular weight is 509 g/mol. The molecule has 3 aromatic heterocycles. The van der Waals surface area contributed by atoms with Crippen molar-refractivity contribution < 1.29 is 18.5 Å². The third-order valence-electron chi connectivity index (χ3n) is 7.42. The largest absolute Gasteiger partial charge is 0.364 e. The van der Waals surface area contributed by atoms with E-state index in [1.165, 1.54) is 6.26 Å². The summed E-state index contributed by atoms with van der Waals surface area (Å²) in [6.45, 7) is 7.62. The van der Waals surface area contributed by atoms with Crippen LogP contribution in [0.3, 0.4) is 0 Å². The minimum atomic E-state index is -0.769. The van der Waals surface area contributed by atoms with Gasteiger partial charge < -0.3 is 15.2 Å². The molecule has 1 unspecified atom stereocenters. The molecule has 3 N–H and O–H groups in total. The fourth-order valence-electron chi connectivity index (χ4n) is 5.27. The van der Waals surface area contributed by atoms with Crippen molar-refractivity contribution in [2.75, 3.05) is 5.32 Å². The smallest absolute Gasteiger partial charge is 0.257 e. The van der Waals surface area contributed by atoms with Gasteiger partial charge in [0, 0.05) is 16.8 Å². The lowest BCUT2D eigenvalue weighted by Crippen LogP contribution is -2.50. The highest BCUT2D eigenvalue weighted by Gasteiger charge is 2.48. The number of aromatic amines is 1. The molecule has 0 bridgehead atoms. The third-order valence-corrected chi connectivity index (χ3v) is 7.42. The van der Waals surface area contributed by atoms with Gasteiger partial charge in [0.25, 0.3) is 5.91 Å². The molecular weight excluding hydrogens is 475 g/mol. The number of aryl methyl sites for hydroxylation is 2. The van der Waals surface area contributed by atoms with Gasteiger partial charge in [0.2, 0.25) is 11.9 Å². The molecule has 0 radical (unpaired) electrons. The molecule has 2 aliphatic rings. The summed E-state index contributed by atoms with van der Waals surface area (Å²) in [5.74, 6) is -0.587. The summed E-state index contributed by atoms with van der Waals surface area (Å²) in [5, 5.41) is 16.8. The number of amides is 2. The molecule has 10 heteroatoms. The van der Waals surface area contributed by atoms with Crippen LogP contribution < -0.4 is 10.6 Å². The van der Waals surface area contributed by atoms with E-state index < -0.39 is 23.8 Å². The SMILES string of the molecule is CCc1[nH]nc(C)c1-c1ccc(NC(=O)C(NC(=O)c2conc2C(C)C)C(C2CC2)C2CC2)nc1F. The molecule has 1 atom stereocenters. The molecule has 0 spiro atoms. The van der Waals surface area contributed by atoms with Crippen molar-refractivity contribution in [1.29, 1.82) is 0 Å². The normalized spacial score (nSPS) is 16.3. The predicted molar refractivity (Wildman–Crippen MR) is 135 cm³/mol. The van der Waals surface area contributed by atoms with E-state index in [4.69, 9.17) is 4.52 Å². The number of pyridine rings is 1. The van der Waals surface area contributed by atoms with Crippen LogP contribution in [0.2, 0.25) is 0 Å². The lowest BCUT2D eigenvalue weighted by atomic mass is 9.88. The monoisotopic (exact) mass is 508 g/mol. The minimum absolute atomic E-state index is 0.00721. The Balaban J connectivity index is 1.39. The summed E-state index contributed by atoms with van der Waals surface area (Å²) < 4.78 is 20.2. The summed E-state index contributed by atoms with van der Waals surface area (Å²) in [5.41, 5.74) is 3.40. The Hall–Kier alpha value is -3.56. The first kappa shape index (κ1) is 25.1. The number of carbonyl (C=O) groups is 2. The maximum Gasteiger partial charge on any atom is 0.257 e. The standard InChI is InChI=1S/C27H33FN6O3/c1-5-19-21(14(4)32-33-19)17-10-11-20(29-25(17)28)30-27(36)24(22(15-6-7-15)16-8-9-16)31-26(35)18-12-37-34-23(18)13(2)3/h10-13,15-16,22,24H,5-9H2,1-4H3,(H,31,35)(H,32,33)(H,29,30,36). The Morgan fingerprint density at radius 2 is 1.89 bits per heavy atom. The summed E-state index contributed by atoms with van der Waals surface area (Å²) in [4.78, 5) is 30.9. The van der Waals surface area contributed by atoms with Crippen LogP contribution in [-0.2, 0) is 11.2 Å². The van der Waals surface area contributed by atoms with Gasteiger partial charge in [0.05, 0.1) is 11.4 Å². The van der Waals surface area contributed by atoms with E-state index in [0.29, 0.717) is 46.3 Å². The Morgan fingerprint density at radius 1 is 1.19 bits per heavy atom. The molecule has 2 saturated carbocycles. The van der Waals surface area contributed by atoms with Gasteiger partial charge in [-0.1, -0.05) is 25.9 Å². The van der Waals surface area contributed by atoms with E-state index in [0.717, 1.165) is 31.4 Å². The number of hydrogen-bond acceptors (Lipinski definition) is 6. The fraction of sp³-hybridized carbons (Fsp3) is 0.519. The Labute approximate surface area is 215 Å². The summed E-state index contributed by atoms with van der Waals surface area (Å²) in [6, 6.07) is 2.42. The number of halogens is 1. The number of nitrogens with one attached hydrogen (secondary N) is 3. The van der Waals surface area contributed by atoms with Crippen LogP contribution in [0.15, 0.2) is 22.9 Å². The van der Waals surface area contributed by atoms with Gasteiger partial charge in [-0.25, -0.2) is 4.98 Å². The van der Waals surface area contributed by atoms with Gasteiger partial charge >= 0.3 is 0 Å². The second-order valence-electron chi connectivity index (χ2n) is 10.5. The Bertz CT molecular complexity index is 1300. The van der Waals surface area contributed by atoms with Crippen LogP contribution in [0.4, 0.5) is 10.2 Å². The molecule has 2 fully saturated rings. The second-order valence-corrected chi connectivity index (χ2v) is 10.5. The minimum Gasteiger partial charge on any atom is -0.364 e. The predicted octanol–water partition coefficient (Wildman–Crippen LogP) is 4.77. The molecule has 0 aliphatic heterocycles. The molecule has 2 aliphatic carbocycles. The molecule has 3 heterocycles. The van der Waals surface area contributed by atoms with Crippen LogP contribution in [-0.4, -0.2) is 38.2 Å². The van der Waals surface area contributed by atoms with Crippen molar-refractivity contribution in [3.8, 4) is 11.1 Å². The maximum atomic E-state index is 15.1. The number of H-pyrrole nitrogens is 1. The maximum absolute atomic E-state index is 15.1. The first-order chi connectivity index (χ1) is 17.8. The van der Waals surface area contributed by atoms with Gasteiger partial charge in [0.15, 0.2) is 0 Å². The van der Waals surface area contributed by atoms with Crippen LogP contribution in [0.5, 0.6) is 0 Å². The second kappa shape index (κ2) is 10.1. The Kier molecular flexibility index (Phi) is 6.83. The number of carbonyl (C=O) groups excluding carboxylic acids is 2. The van der Waals surface area contributed by atoms with Crippen molar-refractivity contribution in [2.24, 2.45) is 17.8 Å². The lowest BCUT2D eigenvalue weighted by molar-refractivity contribution is -0.119. The molecule has 0 aromatic carbocycles.